The zero-order chi connectivity index (χ0) is 16.6. The van der Waals surface area contributed by atoms with E-state index >= 15 is 0 Å². The van der Waals surface area contributed by atoms with E-state index in [2.05, 4.69) is 53.4 Å². The molecule has 2 aromatic rings. The summed E-state index contributed by atoms with van der Waals surface area (Å²) >= 11 is 0. The molecule has 1 aliphatic rings. The van der Waals surface area contributed by atoms with Crippen molar-refractivity contribution in [3.8, 4) is 6.07 Å². The third kappa shape index (κ3) is 4.69. The maximum atomic E-state index is 9.56. The van der Waals surface area contributed by atoms with Gasteiger partial charge in [-0.05, 0) is 49.3 Å². The summed E-state index contributed by atoms with van der Waals surface area (Å²) in [5, 5.41) is 9.56. The van der Waals surface area contributed by atoms with Crippen LogP contribution in [0.4, 0.5) is 0 Å². The number of nitriles is 1. The zero-order valence-corrected chi connectivity index (χ0v) is 14.3. The lowest BCUT2D eigenvalue weighted by Gasteiger charge is -2.33. The predicted molar refractivity (Wildman–Crippen MR) is 98.7 cm³/mol. The van der Waals surface area contributed by atoms with Gasteiger partial charge in [0.1, 0.15) is 0 Å². The van der Waals surface area contributed by atoms with E-state index in [1.807, 2.05) is 18.2 Å². The van der Waals surface area contributed by atoms with Crippen LogP contribution in [0.3, 0.4) is 0 Å². The van der Waals surface area contributed by atoms with E-state index in [1.165, 1.54) is 30.5 Å². The molecule has 3 rings (SSSR count). The highest BCUT2D eigenvalue weighted by molar-refractivity contribution is 5.24. The first kappa shape index (κ1) is 16.7. The average Bonchev–Trinajstić information content (AvgIpc) is 2.66. The lowest BCUT2D eigenvalue weighted by atomic mass is 9.85. The van der Waals surface area contributed by atoms with Gasteiger partial charge in [0.25, 0.3) is 0 Å². The Bertz CT molecular complexity index is 645. The van der Waals surface area contributed by atoms with Crippen molar-refractivity contribution in [2.24, 2.45) is 5.92 Å². The molecule has 0 aliphatic carbocycles. The number of benzene rings is 2. The van der Waals surface area contributed by atoms with Gasteiger partial charge in [-0.15, -0.1) is 0 Å². The summed E-state index contributed by atoms with van der Waals surface area (Å²) in [5.41, 5.74) is 2.58. The molecule has 0 spiro atoms. The third-order valence-electron chi connectivity index (χ3n) is 5.09. The number of rotatable bonds is 6. The summed E-state index contributed by atoms with van der Waals surface area (Å²) in [4.78, 5) is 2.58. The Morgan fingerprint density at radius 2 is 1.75 bits per heavy atom. The highest BCUT2D eigenvalue weighted by Gasteiger charge is 2.23. The molecule has 2 unspecified atom stereocenters. The maximum absolute atomic E-state index is 9.56. The van der Waals surface area contributed by atoms with Crippen molar-refractivity contribution in [2.75, 3.05) is 19.6 Å². The van der Waals surface area contributed by atoms with Crippen LogP contribution in [0, 0.1) is 17.2 Å². The first-order chi connectivity index (χ1) is 11.8. The van der Waals surface area contributed by atoms with E-state index in [1.54, 1.807) is 0 Å². The normalized spacial score (nSPS) is 19.5. The Kier molecular flexibility index (Phi) is 6.04. The number of piperidine rings is 1. The molecule has 0 saturated carbocycles. The molecule has 2 aromatic carbocycles. The van der Waals surface area contributed by atoms with Gasteiger partial charge < -0.3 is 4.90 Å². The summed E-state index contributed by atoms with van der Waals surface area (Å²) in [6, 6.07) is 23.5. The lowest BCUT2D eigenvalue weighted by Crippen LogP contribution is -2.37. The average molecular weight is 318 g/mol. The molecule has 1 heterocycles. The largest absolute Gasteiger partial charge is 0.303 e. The molecule has 1 aliphatic heterocycles. The molecule has 124 valence electrons. The fourth-order valence-corrected chi connectivity index (χ4v) is 3.76. The van der Waals surface area contributed by atoms with Crippen molar-refractivity contribution in [2.45, 2.75) is 31.6 Å². The molecule has 0 amide bonds. The van der Waals surface area contributed by atoms with Crippen LogP contribution in [-0.2, 0) is 6.42 Å². The SMILES string of the molecule is N#CC(CC1CCCN(CCc2ccccc2)C1)c1ccccc1. The quantitative estimate of drug-likeness (QED) is 0.776. The van der Waals surface area contributed by atoms with Gasteiger partial charge in [-0.3, -0.25) is 0 Å². The molecular formula is C22H26N2. The molecule has 0 N–H and O–H groups in total. The number of nitrogens with zero attached hydrogens (tertiary/aromatic N) is 2. The van der Waals surface area contributed by atoms with E-state index in [4.69, 9.17) is 0 Å². The topological polar surface area (TPSA) is 27.0 Å². The van der Waals surface area contributed by atoms with E-state index in [9.17, 15) is 5.26 Å². The fourth-order valence-electron chi connectivity index (χ4n) is 3.76. The van der Waals surface area contributed by atoms with Crippen molar-refractivity contribution in [1.82, 2.24) is 4.90 Å². The van der Waals surface area contributed by atoms with Crippen molar-refractivity contribution >= 4 is 0 Å². The molecule has 1 fully saturated rings. The van der Waals surface area contributed by atoms with Gasteiger partial charge in [-0.2, -0.15) is 5.26 Å². The second kappa shape index (κ2) is 8.66. The van der Waals surface area contributed by atoms with Gasteiger partial charge in [-0.25, -0.2) is 0 Å². The highest BCUT2D eigenvalue weighted by Crippen LogP contribution is 2.28. The minimum Gasteiger partial charge on any atom is -0.303 e. The number of hydrogen-bond donors (Lipinski definition) is 0. The van der Waals surface area contributed by atoms with Crippen LogP contribution in [0.15, 0.2) is 60.7 Å². The summed E-state index contributed by atoms with van der Waals surface area (Å²) in [5.74, 6) is 0.671. The molecule has 0 bridgehead atoms. The lowest BCUT2D eigenvalue weighted by molar-refractivity contribution is 0.168. The van der Waals surface area contributed by atoms with Gasteiger partial charge in [0.15, 0.2) is 0 Å². The summed E-state index contributed by atoms with van der Waals surface area (Å²) in [7, 11) is 0. The van der Waals surface area contributed by atoms with Crippen LogP contribution >= 0.6 is 0 Å². The van der Waals surface area contributed by atoms with Crippen molar-refractivity contribution < 1.29 is 0 Å². The monoisotopic (exact) mass is 318 g/mol. The standard InChI is InChI=1S/C22H26N2/c23-17-22(21-11-5-2-6-12-21)16-20-10-7-14-24(18-20)15-13-19-8-3-1-4-9-19/h1-6,8-9,11-12,20,22H,7,10,13-16,18H2. The van der Waals surface area contributed by atoms with Crippen molar-refractivity contribution in [3.63, 3.8) is 0 Å². The summed E-state index contributed by atoms with van der Waals surface area (Å²) in [6.45, 7) is 3.47. The molecule has 0 radical (unpaired) electrons. The van der Waals surface area contributed by atoms with Crippen LogP contribution < -0.4 is 0 Å². The van der Waals surface area contributed by atoms with Gasteiger partial charge in [0, 0.05) is 13.1 Å². The molecule has 2 nitrogen and oxygen atoms in total. The minimum atomic E-state index is 0.0327. The van der Waals surface area contributed by atoms with Crippen molar-refractivity contribution in [3.05, 3.63) is 71.8 Å². The van der Waals surface area contributed by atoms with Crippen LogP contribution in [0.1, 0.15) is 36.3 Å². The Morgan fingerprint density at radius 3 is 2.46 bits per heavy atom. The van der Waals surface area contributed by atoms with E-state index < -0.39 is 0 Å². The second-order valence-electron chi connectivity index (χ2n) is 6.87. The molecular weight excluding hydrogens is 292 g/mol. The van der Waals surface area contributed by atoms with E-state index in [-0.39, 0.29) is 5.92 Å². The zero-order valence-electron chi connectivity index (χ0n) is 14.3. The summed E-state index contributed by atoms with van der Waals surface area (Å²) < 4.78 is 0. The van der Waals surface area contributed by atoms with Crippen LogP contribution in [0.2, 0.25) is 0 Å². The maximum Gasteiger partial charge on any atom is 0.0715 e. The van der Waals surface area contributed by atoms with Gasteiger partial charge >= 0.3 is 0 Å². The number of likely N-dealkylation sites (tertiary alicyclic amines) is 1. The van der Waals surface area contributed by atoms with Crippen LogP contribution in [-0.4, -0.2) is 24.5 Å². The molecule has 0 aromatic heterocycles. The molecule has 2 atom stereocenters. The molecule has 24 heavy (non-hydrogen) atoms. The Morgan fingerprint density at radius 1 is 1.04 bits per heavy atom. The third-order valence-corrected chi connectivity index (χ3v) is 5.09. The molecule has 2 heteroatoms. The Labute approximate surface area is 145 Å². The Hall–Kier alpha value is -2.11. The number of hydrogen-bond acceptors (Lipinski definition) is 2. The predicted octanol–water partition coefficient (Wildman–Crippen LogP) is 4.64. The van der Waals surface area contributed by atoms with Gasteiger partial charge in [0.2, 0.25) is 0 Å². The van der Waals surface area contributed by atoms with E-state index in [0.717, 1.165) is 25.9 Å². The highest BCUT2D eigenvalue weighted by atomic mass is 15.1. The first-order valence-electron chi connectivity index (χ1n) is 9.06. The fraction of sp³-hybridized carbons (Fsp3) is 0.409. The van der Waals surface area contributed by atoms with Crippen molar-refractivity contribution in [1.29, 1.82) is 5.26 Å². The summed E-state index contributed by atoms with van der Waals surface area (Å²) in [6.07, 6.45) is 4.62. The smallest absolute Gasteiger partial charge is 0.0715 e. The van der Waals surface area contributed by atoms with Crippen LogP contribution in [0.5, 0.6) is 0 Å². The van der Waals surface area contributed by atoms with Gasteiger partial charge in [0.05, 0.1) is 12.0 Å². The van der Waals surface area contributed by atoms with Gasteiger partial charge in [-0.1, -0.05) is 60.7 Å². The Balaban J connectivity index is 1.52. The minimum absolute atomic E-state index is 0.0327. The van der Waals surface area contributed by atoms with Crippen LogP contribution in [0.25, 0.3) is 0 Å². The second-order valence-corrected chi connectivity index (χ2v) is 6.87. The first-order valence-corrected chi connectivity index (χ1v) is 9.06. The van der Waals surface area contributed by atoms with E-state index in [0.29, 0.717) is 5.92 Å². The molecule has 1 saturated heterocycles.